The van der Waals surface area contributed by atoms with Gasteiger partial charge in [0.15, 0.2) is 0 Å². The Morgan fingerprint density at radius 3 is 2.72 bits per heavy atom. The van der Waals surface area contributed by atoms with E-state index in [2.05, 4.69) is 41.8 Å². The summed E-state index contributed by atoms with van der Waals surface area (Å²) in [5.74, 6) is 2.70. The van der Waals surface area contributed by atoms with E-state index in [0.717, 1.165) is 23.5 Å². The summed E-state index contributed by atoms with van der Waals surface area (Å²) in [5, 5.41) is 3.59. The van der Waals surface area contributed by atoms with Crippen LogP contribution in [0.2, 0.25) is 0 Å². The summed E-state index contributed by atoms with van der Waals surface area (Å²) in [7, 11) is 0. The zero-order chi connectivity index (χ0) is 12.7. The summed E-state index contributed by atoms with van der Waals surface area (Å²) >= 11 is 0. The van der Waals surface area contributed by atoms with Gasteiger partial charge in [0.25, 0.3) is 0 Å². The average molecular weight is 247 g/mol. The maximum atomic E-state index is 4.68. The highest BCUT2D eigenvalue weighted by Crippen LogP contribution is 2.39. The average Bonchev–Trinajstić information content (AvgIpc) is 3.06. The maximum absolute atomic E-state index is 4.68. The lowest BCUT2D eigenvalue weighted by molar-refractivity contribution is 0.187. The van der Waals surface area contributed by atoms with E-state index >= 15 is 0 Å². The number of nitrogens with zero attached hydrogens (tertiary/aromatic N) is 2. The summed E-state index contributed by atoms with van der Waals surface area (Å²) in [6.45, 7) is 6.91. The van der Waals surface area contributed by atoms with Crippen molar-refractivity contribution in [3.05, 3.63) is 11.9 Å². The van der Waals surface area contributed by atoms with E-state index in [9.17, 15) is 0 Å². The molecule has 3 nitrogen and oxygen atoms in total. The number of hydrogen-bond acceptors (Lipinski definition) is 2. The molecule has 3 heteroatoms. The third-order valence-electron chi connectivity index (χ3n) is 4.78. The zero-order valence-electron chi connectivity index (χ0n) is 11.8. The van der Waals surface area contributed by atoms with Crippen LogP contribution in [0.4, 0.5) is 5.95 Å². The van der Waals surface area contributed by atoms with Crippen LogP contribution < -0.4 is 5.32 Å². The van der Waals surface area contributed by atoms with Crippen LogP contribution in [0.15, 0.2) is 6.20 Å². The molecule has 2 saturated carbocycles. The molecule has 1 aromatic rings. The van der Waals surface area contributed by atoms with Crippen molar-refractivity contribution in [3.8, 4) is 0 Å². The third-order valence-corrected chi connectivity index (χ3v) is 4.78. The maximum Gasteiger partial charge on any atom is 0.203 e. The lowest BCUT2D eigenvalue weighted by Crippen LogP contribution is -2.27. The molecule has 3 unspecified atom stereocenters. The number of nitrogens with one attached hydrogen (secondary N) is 1. The minimum atomic E-state index is 0.635. The number of rotatable bonds is 3. The lowest BCUT2D eigenvalue weighted by Gasteiger charge is -2.35. The second-order valence-electron chi connectivity index (χ2n) is 6.37. The molecule has 2 aliphatic carbocycles. The highest BCUT2D eigenvalue weighted by molar-refractivity contribution is 5.33. The molecule has 0 radical (unpaired) electrons. The van der Waals surface area contributed by atoms with Crippen LogP contribution in [0.1, 0.15) is 57.7 Å². The highest BCUT2D eigenvalue weighted by atomic mass is 15.2. The summed E-state index contributed by atoms with van der Waals surface area (Å²) in [6.07, 6.45) is 8.91. The predicted molar refractivity (Wildman–Crippen MR) is 74.8 cm³/mol. The van der Waals surface area contributed by atoms with Gasteiger partial charge in [-0.3, -0.25) is 0 Å². The minimum Gasteiger partial charge on any atom is -0.353 e. The fourth-order valence-corrected chi connectivity index (χ4v) is 3.23. The Bertz CT molecular complexity index is 419. The first-order valence-electron chi connectivity index (χ1n) is 7.47. The molecule has 2 fully saturated rings. The zero-order valence-corrected chi connectivity index (χ0v) is 11.8. The van der Waals surface area contributed by atoms with E-state index < -0.39 is 0 Å². The van der Waals surface area contributed by atoms with E-state index in [1.807, 2.05) is 0 Å². The summed E-state index contributed by atoms with van der Waals surface area (Å²) in [4.78, 5) is 4.68. The van der Waals surface area contributed by atoms with E-state index in [4.69, 9.17) is 0 Å². The molecule has 18 heavy (non-hydrogen) atoms. The molecule has 0 bridgehead atoms. The Balaban J connectivity index is 1.84. The summed E-state index contributed by atoms with van der Waals surface area (Å²) in [5.41, 5.74) is 1.14. The Kier molecular flexibility index (Phi) is 3.08. The highest BCUT2D eigenvalue weighted by Gasteiger charge is 2.31. The standard InChI is InChI=1S/C15H25N3/c1-10-5-4-6-14(12(10)3)18-9-11(2)16-15(18)17-13-7-8-13/h9-10,12-14H,4-8H2,1-3H3,(H,16,17). The summed E-state index contributed by atoms with van der Waals surface area (Å²) < 4.78 is 2.42. The number of aromatic nitrogens is 2. The monoisotopic (exact) mass is 247 g/mol. The van der Waals surface area contributed by atoms with Gasteiger partial charge < -0.3 is 9.88 Å². The van der Waals surface area contributed by atoms with Gasteiger partial charge in [-0.25, -0.2) is 4.98 Å². The van der Waals surface area contributed by atoms with Gasteiger partial charge in [0.2, 0.25) is 5.95 Å². The van der Waals surface area contributed by atoms with Gasteiger partial charge in [-0.1, -0.05) is 26.7 Å². The molecule has 2 aliphatic rings. The molecule has 1 aromatic heterocycles. The van der Waals surface area contributed by atoms with Crippen molar-refractivity contribution in [1.29, 1.82) is 0 Å². The largest absolute Gasteiger partial charge is 0.353 e. The van der Waals surface area contributed by atoms with Crippen molar-refractivity contribution in [3.63, 3.8) is 0 Å². The molecule has 0 aliphatic heterocycles. The minimum absolute atomic E-state index is 0.635. The second-order valence-corrected chi connectivity index (χ2v) is 6.37. The van der Waals surface area contributed by atoms with Crippen molar-refractivity contribution in [2.45, 2.75) is 65.0 Å². The molecule has 0 saturated heterocycles. The van der Waals surface area contributed by atoms with Crippen LogP contribution in [0.25, 0.3) is 0 Å². The van der Waals surface area contributed by atoms with Gasteiger partial charge >= 0.3 is 0 Å². The van der Waals surface area contributed by atoms with Crippen LogP contribution in [0.5, 0.6) is 0 Å². The normalized spacial score (nSPS) is 32.5. The molecule has 100 valence electrons. The van der Waals surface area contributed by atoms with Crippen LogP contribution in [-0.2, 0) is 0 Å². The fraction of sp³-hybridized carbons (Fsp3) is 0.800. The first-order chi connectivity index (χ1) is 8.65. The lowest BCUT2D eigenvalue weighted by atomic mass is 9.78. The van der Waals surface area contributed by atoms with E-state index in [1.165, 1.54) is 32.1 Å². The molecular formula is C15H25N3. The first-order valence-corrected chi connectivity index (χ1v) is 7.47. The van der Waals surface area contributed by atoms with Gasteiger partial charge in [-0.05, 0) is 38.0 Å². The molecule has 1 N–H and O–H groups in total. The fourth-order valence-electron chi connectivity index (χ4n) is 3.23. The topological polar surface area (TPSA) is 29.9 Å². The Morgan fingerprint density at radius 2 is 2.00 bits per heavy atom. The van der Waals surface area contributed by atoms with Crippen LogP contribution in [0.3, 0.4) is 0 Å². The van der Waals surface area contributed by atoms with Crippen LogP contribution in [0, 0.1) is 18.8 Å². The summed E-state index contributed by atoms with van der Waals surface area (Å²) in [6, 6.07) is 1.32. The molecule has 0 aromatic carbocycles. The quantitative estimate of drug-likeness (QED) is 0.881. The van der Waals surface area contributed by atoms with Gasteiger partial charge in [0.05, 0.1) is 5.69 Å². The van der Waals surface area contributed by atoms with Crippen molar-refractivity contribution in [2.24, 2.45) is 11.8 Å². The van der Waals surface area contributed by atoms with Crippen molar-refractivity contribution < 1.29 is 0 Å². The predicted octanol–water partition coefficient (Wildman–Crippen LogP) is 3.76. The van der Waals surface area contributed by atoms with Crippen molar-refractivity contribution in [2.75, 3.05) is 5.32 Å². The first kappa shape index (κ1) is 12.1. The molecule has 0 spiro atoms. The Morgan fingerprint density at radius 1 is 1.22 bits per heavy atom. The third kappa shape index (κ3) is 2.27. The number of aryl methyl sites for hydroxylation is 1. The SMILES string of the molecule is Cc1cn(C2CCCC(C)C2C)c(NC2CC2)n1. The number of imidazole rings is 1. The Labute approximate surface area is 110 Å². The molecule has 3 atom stereocenters. The smallest absolute Gasteiger partial charge is 0.203 e. The van der Waals surface area contributed by atoms with Crippen LogP contribution >= 0.6 is 0 Å². The molecular weight excluding hydrogens is 222 g/mol. The van der Waals surface area contributed by atoms with E-state index in [0.29, 0.717) is 12.1 Å². The van der Waals surface area contributed by atoms with Gasteiger partial charge in [0.1, 0.15) is 0 Å². The van der Waals surface area contributed by atoms with Crippen molar-refractivity contribution >= 4 is 5.95 Å². The molecule has 1 heterocycles. The number of hydrogen-bond donors (Lipinski definition) is 1. The van der Waals surface area contributed by atoms with Gasteiger partial charge in [0, 0.05) is 18.3 Å². The van der Waals surface area contributed by atoms with Gasteiger partial charge in [-0.2, -0.15) is 0 Å². The second kappa shape index (κ2) is 4.60. The molecule has 3 rings (SSSR count). The van der Waals surface area contributed by atoms with Crippen molar-refractivity contribution in [1.82, 2.24) is 9.55 Å². The molecule has 0 amide bonds. The number of anilines is 1. The van der Waals surface area contributed by atoms with E-state index in [-0.39, 0.29) is 0 Å². The van der Waals surface area contributed by atoms with Gasteiger partial charge in [-0.15, -0.1) is 0 Å². The Hall–Kier alpha value is -0.990. The van der Waals surface area contributed by atoms with E-state index in [1.54, 1.807) is 0 Å². The van der Waals surface area contributed by atoms with Crippen LogP contribution in [-0.4, -0.2) is 15.6 Å².